The minimum Gasteiger partial charge on any atom is -0.480 e. The summed E-state index contributed by atoms with van der Waals surface area (Å²) < 4.78 is 5.23. The van der Waals surface area contributed by atoms with Crippen LogP contribution in [-0.4, -0.2) is 40.1 Å². The average Bonchev–Trinajstić information content (AvgIpc) is 3.06. The number of rotatable bonds is 7. The number of carbonyl (C=O) groups is 2. The van der Waals surface area contributed by atoms with Crippen molar-refractivity contribution >= 4 is 22.8 Å². The van der Waals surface area contributed by atoms with E-state index in [1.807, 2.05) is 24.3 Å². The van der Waals surface area contributed by atoms with Crippen LogP contribution in [0.2, 0.25) is 0 Å². The van der Waals surface area contributed by atoms with Crippen LogP contribution in [0.5, 0.6) is 0 Å². The molecule has 1 aromatic carbocycles. The second-order valence-corrected chi connectivity index (χ2v) is 5.87. The summed E-state index contributed by atoms with van der Waals surface area (Å²) in [5.41, 5.74) is 2.30. The molecule has 0 fully saturated rings. The van der Waals surface area contributed by atoms with Crippen LogP contribution in [0, 0.1) is 0 Å². The van der Waals surface area contributed by atoms with E-state index >= 15 is 0 Å². The van der Waals surface area contributed by atoms with Crippen LogP contribution in [0.4, 0.5) is 0 Å². The van der Waals surface area contributed by atoms with E-state index in [4.69, 9.17) is 4.74 Å². The van der Waals surface area contributed by atoms with Crippen LogP contribution >= 0.6 is 0 Å². The van der Waals surface area contributed by atoms with Gasteiger partial charge in [-0.1, -0.05) is 24.3 Å². The lowest BCUT2D eigenvalue weighted by molar-refractivity contribution is -0.144. The molecule has 7 heteroatoms. The molecule has 2 atom stereocenters. The van der Waals surface area contributed by atoms with E-state index in [0.717, 1.165) is 16.5 Å². The Hall–Kier alpha value is -3.19. The van der Waals surface area contributed by atoms with E-state index in [0.29, 0.717) is 5.56 Å². The molecule has 0 aliphatic heterocycles. The van der Waals surface area contributed by atoms with Gasteiger partial charge in [-0.25, -0.2) is 4.79 Å². The predicted octanol–water partition coefficient (Wildman–Crippen LogP) is 2.06. The molecule has 0 radical (unpaired) electrons. The highest BCUT2D eigenvalue weighted by molar-refractivity contribution is 5.88. The van der Waals surface area contributed by atoms with Gasteiger partial charge in [0.05, 0.1) is 0 Å². The number of fused-ring (bicyclic) bond motifs is 1. The predicted molar refractivity (Wildman–Crippen MR) is 95.6 cm³/mol. The first-order valence-corrected chi connectivity index (χ1v) is 8.11. The summed E-state index contributed by atoms with van der Waals surface area (Å²) in [6.45, 7) is 0. The van der Waals surface area contributed by atoms with Crippen molar-refractivity contribution in [1.29, 1.82) is 0 Å². The van der Waals surface area contributed by atoms with Gasteiger partial charge in [-0.15, -0.1) is 0 Å². The minimum absolute atomic E-state index is 0.161. The first kappa shape index (κ1) is 17.6. The molecule has 7 nitrogen and oxygen atoms in total. The lowest BCUT2D eigenvalue weighted by Gasteiger charge is -2.19. The lowest BCUT2D eigenvalue weighted by atomic mass is 10.0. The average molecular weight is 353 g/mol. The van der Waals surface area contributed by atoms with Crippen molar-refractivity contribution < 1.29 is 19.4 Å². The first-order chi connectivity index (χ1) is 12.6. The van der Waals surface area contributed by atoms with E-state index in [1.54, 1.807) is 24.5 Å². The van der Waals surface area contributed by atoms with Gasteiger partial charge in [0.25, 0.3) is 5.91 Å². The standard InChI is InChI=1S/C19H19N3O4/c1-26-17(12-5-4-8-20-10-12)18(23)22-16(19(24)25)9-13-11-21-15-7-3-2-6-14(13)15/h2-8,10-11,16-17,21H,9H2,1H3,(H,22,23)(H,24,25). The van der Waals surface area contributed by atoms with E-state index in [1.165, 1.54) is 13.3 Å². The number of amides is 1. The van der Waals surface area contributed by atoms with Crippen LogP contribution in [0.1, 0.15) is 17.2 Å². The number of nitrogens with zero attached hydrogens (tertiary/aromatic N) is 1. The third-order valence-electron chi connectivity index (χ3n) is 4.17. The molecule has 0 aliphatic carbocycles. The molecule has 0 spiro atoms. The van der Waals surface area contributed by atoms with E-state index in [2.05, 4.69) is 15.3 Å². The summed E-state index contributed by atoms with van der Waals surface area (Å²) in [4.78, 5) is 31.3. The van der Waals surface area contributed by atoms with Crippen molar-refractivity contribution in [2.24, 2.45) is 0 Å². The summed E-state index contributed by atoms with van der Waals surface area (Å²) in [5.74, 6) is -1.63. The van der Waals surface area contributed by atoms with Gasteiger partial charge in [0.1, 0.15) is 6.04 Å². The number of methoxy groups -OCH3 is 1. The Morgan fingerprint density at radius 2 is 2.08 bits per heavy atom. The van der Waals surface area contributed by atoms with Crippen LogP contribution < -0.4 is 5.32 Å². The van der Waals surface area contributed by atoms with Crippen LogP contribution in [0.15, 0.2) is 55.0 Å². The zero-order valence-electron chi connectivity index (χ0n) is 14.2. The van der Waals surface area contributed by atoms with Crippen molar-refractivity contribution in [2.75, 3.05) is 7.11 Å². The maximum atomic E-state index is 12.5. The van der Waals surface area contributed by atoms with E-state index in [-0.39, 0.29) is 6.42 Å². The molecule has 3 aromatic rings. The van der Waals surface area contributed by atoms with E-state index < -0.39 is 24.0 Å². The van der Waals surface area contributed by atoms with Crippen molar-refractivity contribution in [2.45, 2.75) is 18.6 Å². The number of H-pyrrole nitrogens is 1. The smallest absolute Gasteiger partial charge is 0.326 e. The second kappa shape index (κ2) is 7.79. The Bertz CT molecular complexity index is 907. The molecule has 3 N–H and O–H groups in total. The SMILES string of the molecule is COC(C(=O)NC(Cc1c[nH]c2ccccc12)C(=O)O)c1cccnc1. The first-order valence-electron chi connectivity index (χ1n) is 8.11. The van der Waals surface area contributed by atoms with Gasteiger partial charge in [0.15, 0.2) is 6.10 Å². The third kappa shape index (κ3) is 3.73. The number of aliphatic carboxylic acids is 1. The third-order valence-corrected chi connectivity index (χ3v) is 4.17. The maximum absolute atomic E-state index is 12.5. The number of carboxylic acids is 1. The zero-order chi connectivity index (χ0) is 18.5. The summed E-state index contributed by atoms with van der Waals surface area (Å²) in [7, 11) is 1.40. The fourth-order valence-corrected chi connectivity index (χ4v) is 2.89. The number of carbonyl (C=O) groups excluding carboxylic acids is 1. The number of benzene rings is 1. The molecular weight excluding hydrogens is 334 g/mol. The van der Waals surface area contributed by atoms with Gasteiger partial charge in [0.2, 0.25) is 0 Å². The summed E-state index contributed by atoms with van der Waals surface area (Å²) >= 11 is 0. The van der Waals surface area contributed by atoms with Crippen LogP contribution in [0.3, 0.4) is 0 Å². The fraction of sp³-hybridized carbons (Fsp3) is 0.211. The molecule has 0 bridgehead atoms. The van der Waals surface area contributed by atoms with Crippen molar-refractivity contribution in [3.05, 3.63) is 66.1 Å². The molecular formula is C19H19N3O4. The molecule has 2 unspecified atom stereocenters. The topological polar surface area (TPSA) is 104 Å². The Labute approximate surface area is 150 Å². The number of aromatic amines is 1. The molecule has 2 aromatic heterocycles. The van der Waals surface area contributed by atoms with Crippen LogP contribution in [-0.2, 0) is 20.7 Å². The van der Waals surface area contributed by atoms with E-state index in [9.17, 15) is 14.7 Å². The molecule has 134 valence electrons. The molecule has 0 saturated carbocycles. The summed E-state index contributed by atoms with van der Waals surface area (Å²) in [6.07, 6.45) is 4.11. The largest absolute Gasteiger partial charge is 0.480 e. The number of carboxylic acid groups (broad SMARTS) is 1. The molecule has 26 heavy (non-hydrogen) atoms. The van der Waals surface area contributed by atoms with Gasteiger partial charge in [0, 0.05) is 48.6 Å². The highest BCUT2D eigenvalue weighted by Crippen LogP contribution is 2.20. The minimum atomic E-state index is -1.11. The normalized spacial score (nSPS) is 13.3. The highest BCUT2D eigenvalue weighted by Gasteiger charge is 2.27. The Balaban J connectivity index is 1.78. The van der Waals surface area contributed by atoms with Gasteiger partial charge >= 0.3 is 5.97 Å². The Kier molecular flexibility index (Phi) is 5.28. The number of hydrogen-bond donors (Lipinski definition) is 3. The van der Waals surface area contributed by atoms with Gasteiger partial charge < -0.3 is 20.1 Å². The molecule has 0 aliphatic rings. The zero-order valence-corrected chi connectivity index (χ0v) is 14.2. The number of ether oxygens (including phenoxy) is 1. The summed E-state index contributed by atoms with van der Waals surface area (Å²) in [6, 6.07) is 9.93. The van der Waals surface area contributed by atoms with Crippen molar-refractivity contribution in [3.8, 4) is 0 Å². The molecule has 0 saturated heterocycles. The van der Waals surface area contributed by atoms with Crippen LogP contribution in [0.25, 0.3) is 10.9 Å². The Morgan fingerprint density at radius 1 is 1.27 bits per heavy atom. The van der Waals surface area contributed by atoms with Crippen molar-refractivity contribution in [3.63, 3.8) is 0 Å². The van der Waals surface area contributed by atoms with Crippen molar-refractivity contribution in [1.82, 2.24) is 15.3 Å². The molecule has 3 rings (SSSR count). The Morgan fingerprint density at radius 3 is 2.77 bits per heavy atom. The number of para-hydroxylation sites is 1. The molecule has 1 amide bonds. The summed E-state index contributed by atoms with van der Waals surface area (Å²) in [5, 5.41) is 13.0. The van der Waals surface area contributed by atoms with Gasteiger partial charge in [-0.2, -0.15) is 0 Å². The highest BCUT2D eigenvalue weighted by atomic mass is 16.5. The van der Waals surface area contributed by atoms with Gasteiger partial charge in [-0.05, 0) is 17.7 Å². The maximum Gasteiger partial charge on any atom is 0.326 e. The molecule has 2 heterocycles. The monoisotopic (exact) mass is 353 g/mol. The number of nitrogens with one attached hydrogen (secondary N) is 2. The number of pyridine rings is 1. The van der Waals surface area contributed by atoms with Gasteiger partial charge in [-0.3, -0.25) is 9.78 Å². The fourth-order valence-electron chi connectivity index (χ4n) is 2.89. The lowest BCUT2D eigenvalue weighted by Crippen LogP contribution is -2.44. The second-order valence-electron chi connectivity index (χ2n) is 5.87. The quantitative estimate of drug-likeness (QED) is 0.603. The number of aromatic nitrogens is 2. The number of hydrogen-bond acceptors (Lipinski definition) is 4.